The van der Waals surface area contributed by atoms with Gasteiger partial charge in [-0.15, -0.1) is 0 Å². The van der Waals surface area contributed by atoms with Gasteiger partial charge >= 0.3 is 6.09 Å². The molecule has 1 aromatic rings. The largest absolute Gasteiger partial charge is 0.497 e. The van der Waals surface area contributed by atoms with E-state index in [1.165, 1.54) is 0 Å². The average Bonchev–Trinajstić information content (AvgIpc) is 2.39. The zero-order chi connectivity index (χ0) is 16.3. The Labute approximate surface area is 132 Å². The molecule has 0 aliphatic carbocycles. The molecule has 0 atom stereocenters. The molecule has 1 aliphatic heterocycles. The second-order valence-electron chi connectivity index (χ2n) is 6.68. The van der Waals surface area contributed by atoms with Gasteiger partial charge in [-0.3, -0.25) is 0 Å². The van der Waals surface area contributed by atoms with Gasteiger partial charge in [-0.1, -0.05) is 0 Å². The van der Waals surface area contributed by atoms with E-state index in [0.717, 1.165) is 36.6 Å². The summed E-state index contributed by atoms with van der Waals surface area (Å²) >= 11 is 0. The van der Waals surface area contributed by atoms with Crippen molar-refractivity contribution in [2.45, 2.75) is 32.8 Å². The fourth-order valence-electron chi connectivity index (χ4n) is 2.49. The van der Waals surface area contributed by atoms with Crippen molar-refractivity contribution in [3.8, 4) is 11.5 Å². The standard InChI is InChI=1S/C17H25NO4/c1-17(2,3)22-16(19)18-10-13(11-18)6-12-7-14(20-4)9-15(8-12)21-5/h7-9,13H,6,10-11H2,1-5H3. The normalized spacial score (nSPS) is 15.2. The number of ether oxygens (including phenoxy) is 3. The van der Waals surface area contributed by atoms with Crippen molar-refractivity contribution in [1.82, 2.24) is 4.90 Å². The highest BCUT2D eigenvalue weighted by atomic mass is 16.6. The molecule has 22 heavy (non-hydrogen) atoms. The summed E-state index contributed by atoms with van der Waals surface area (Å²) in [4.78, 5) is 13.6. The molecular formula is C17H25NO4. The van der Waals surface area contributed by atoms with Gasteiger partial charge in [-0.2, -0.15) is 0 Å². The van der Waals surface area contributed by atoms with Crippen LogP contribution in [0.5, 0.6) is 11.5 Å². The van der Waals surface area contributed by atoms with Crippen molar-refractivity contribution in [1.29, 1.82) is 0 Å². The molecule has 0 spiro atoms. The third-order valence-electron chi connectivity index (χ3n) is 3.54. The van der Waals surface area contributed by atoms with Crippen molar-refractivity contribution < 1.29 is 19.0 Å². The van der Waals surface area contributed by atoms with Crippen LogP contribution in [-0.2, 0) is 11.2 Å². The van der Waals surface area contributed by atoms with E-state index in [-0.39, 0.29) is 6.09 Å². The molecule has 0 unspecified atom stereocenters. The Hall–Kier alpha value is -1.91. The Balaban J connectivity index is 1.89. The molecule has 0 aromatic heterocycles. The second kappa shape index (κ2) is 6.46. The van der Waals surface area contributed by atoms with Gasteiger partial charge in [-0.25, -0.2) is 4.79 Å². The van der Waals surface area contributed by atoms with Crippen LogP contribution in [0.1, 0.15) is 26.3 Å². The predicted octanol–water partition coefficient (Wildman–Crippen LogP) is 3.11. The van der Waals surface area contributed by atoms with Crippen molar-refractivity contribution in [3.63, 3.8) is 0 Å². The van der Waals surface area contributed by atoms with Crippen LogP contribution >= 0.6 is 0 Å². The Morgan fingerprint density at radius 2 is 1.68 bits per heavy atom. The highest BCUT2D eigenvalue weighted by molar-refractivity contribution is 5.69. The molecule has 0 saturated carbocycles. The van der Waals surface area contributed by atoms with Crippen LogP contribution in [0.3, 0.4) is 0 Å². The highest BCUT2D eigenvalue weighted by Gasteiger charge is 2.33. The zero-order valence-corrected chi connectivity index (χ0v) is 14.0. The summed E-state index contributed by atoms with van der Waals surface area (Å²) in [6.45, 7) is 7.10. The lowest BCUT2D eigenvalue weighted by atomic mass is 9.92. The van der Waals surface area contributed by atoms with E-state index in [2.05, 4.69) is 0 Å². The number of amides is 1. The molecule has 5 nitrogen and oxygen atoms in total. The smallest absolute Gasteiger partial charge is 0.410 e. The van der Waals surface area contributed by atoms with Crippen LogP contribution < -0.4 is 9.47 Å². The van der Waals surface area contributed by atoms with Crippen molar-refractivity contribution in [3.05, 3.63) is 23.8 Å². The summed E-state index contributed by atoms with van der Waals surface area (Å²) in [6, 6.07) is 5.88. The van der Waals surface area contributed by atoms with E-state index in [0.29, 0.717) is 5.92 Å². The van der Waals surface area contributed by atoms with E-state index in [4.69, 9.17) is 14.2 Å². The summed E-state index contributed by atoms with van der Waals surface area (Å²) in [5.74, 6) is 2.03. The lowest BCUT2D eigenvalue weighted by Crippen LogP contribution is -2.52. The first kappa shape index (κ1) is 16.5. The Bertz CT molecular complexity index is 508. The monoisotopic (exact) mass is 307 g/mol. The minimum atomic E-state index is -0.442. The molecule has 0 radical (unpaired) electrons. The summed E-state index contributed by atoms with van der Waals surface area (Å²) in [6.07, 6.45) is 0.666. The van der Waals surface area contributed by atoms with Gasteiger partial charge in [0.2, 0.25) is 0 Å². The first-order chi connectivity index (χ1) is 10.3. The molecule has 0 N–H and O–H groups in total. The van der Waals surface area contributed by atoms with Crippen molar-refractivity contribution in [2.24, 2.45) is 5.92 Å². The number of methoxy groups -OCH3 is 2. The van der Waals surface area contributed by atoms with E-state index in [1.807, 2.05) is 39.0 Å². The minimum Gasteiger partial charge on any atom is -0.497 e. The molecule has 1 aliphatic rings. The van der Waals surface area contributed by atoms with Gasteiger partial charge in [-0.05, 0) is 50.8 Å². The topological polar surface area (TPSA) is 48.0 Å². The molecule has 1 saturated heterocycles. The number of carbonyl (C=O) groups excluding carboxylic acids is 1. The van der Waals surface area contributed by atoms with Crippen LogP contribution in [0.4, 0.5) is 4.79 Å². The number of benzene rings is 1. The van der Waals surface area contributed by atoms with Crippen LogP contribution in [-0.4, -0.2) is 43.9 Å². The molecule has 1 amide bonds. The molecule has 0 bridgehead atoms. The van der Waals surface area contributed by atoms with Gasteiger partial charge in [0.15, 0.2) is 0 Å². The van der Waals surface area contributed by atoms with E-state index in [9.17, 15) is 4.79 Å². The Morgan fingerprint density at radius 3 is 2.14 bits per heavy atom. The number of nitrogens with zero attached hydrogens (tertiary/aromatic N) is 1. The first-order valence-corrected chi connectivity index (χ1v) is 7.50. The van der Waals surface area contributed by atoms with E-state index >= 15 is 0 Å². The molecule has 1 heterocycles. The Morgan fingerprint density at radius 1 is 1.14 bits per heavy atom. The molecule has 1 fully saturated rings. The van der Waals surface area contributed by atoms with Crippen LogP contribution in [0.25, 0.3) is 0 Å². The van der Waals surface area contributed by atoms with Crippen LogP contribution in [0, 0.1) is 5.92 Å². The molecule has 1 aromatic carbocycles. The number of hydrogen-bond acceptors (Lipinski definition) is 4. The summed E-state index contributed by atoms with van der Waals surface area (Å²) in [7, 11) is 3.29. The van der Waals surface area contributed by atoms with Crippen LogP contribution in [0.15, 0.2) is 18.2 Å². The van der Waals surface area contributed by atoms with Crippen LogP contribution in [0.2, 0.25) is 0 Å². The third-order valence-corrected chi connectivity index (χ3v) is 3.54. The number of rotatable bonds is 4. The lowest BCUT2D eigenvalue weighted by Gasteiger charge is -2.40. The summed E-state index contributed by atoms with van der Waals surface area (Å²) in [5, 5.41) is 0. The maximum Gasteiger partial charge on any atom is 0.410 e. The molecule has 5 heteroatoms. The van der Waals surface area contributed by atoms with Gasteiger partial charge in [0.1, 0.15) is 17.1 Å². The molecule has 122 valence electrons. The minimum absolute atomic E-state index is 0.230. The molecule has 2 rings (SSSR count). The third kappa shape index (κ3) is 4.29. The average molecular weight is 307 g/mol. The molecular weight excluding hydrogens is 282 g/mol. The lowest BCUT2D eigenvalue weighted by molar-refractivity contribution is -0.000894. The van der Waals surface area contributed by atoms with Gasteiger partial charge in [0, 0.05) is 19.2 Å². The van der Waals surface area contributed by atoms with Crippen molar-refractivity contribution >= 4 is 6.09 Å². The van der Waals surface area contributed by atoms with Gasteiger partial charge < -0.3 is 19.1 Å². The highest BCUT2D eigenvalue weighted by Crippen LogP contribution is 2.27. The maximum atomic E-state index is 11.9. The number of carbonyl (C=O) groups is 1. The summed E-state index contributed by atoms with van der Waals surface area (Å²) < 4.78 is 15.9. The predicted molar refractivity (Wildman–Crippen MR) is 84.5 cm³/mol. The fourth-order valence-corrected chi connectivity index (χ4v) is 2.49. The second-order valence-corrected chi connectivity index (χ2v) is 6.68. The van der Waals surface area contributed by atoms with Crippen molar-refractivity contribution in [2.75, 3.05) is 27.3 Å². The number of hydrogen-bond donors (Lipinski definition) is 0. The quantitative estimate of drug-likeness (QED) is 0.857. The van der Waals surface area contributed by atoms with Gasteiger partial charge in [0.05, 0.1) is 14.2 Å². The number of likely N-dealkylation sites (tertiary alicyclic amines) is 1. The SMILES string of the molecule is COc1cc(CC2CN(C(=O)OC(C)(C)C)C2)cc(OC)c1. The zero-order valence-electron chi connectivity index (χ0n) is 14.0. The fraction of sp³-hybridized carbons (Fsp3) is 0.588. The van der Waals surface area contributed by atoms with Gasteiger partial charge in [0.25, 0.3) is 0 Å². The first-order valence-electron chi connectivity index (χ1n) is 7.50. The van der Waals surface area contributed by atoms with E-state index in [1.54, 1.807) is 19.1 Å². The Kier molecular flexibility index (Phi) is 4.84. The van der Waals surface area contributed by atoms with E-state index < -0.39 is 5.60 Å². The summed E-state index contributed by atoms with van der Waals surface area (Å²) in [5.41, 5.74) is 0.715. The maximum absolute atomic E-state index is 11.9.